The zero-order valence-corrected chi connectivity index (χ0v) is 15.7. The Labute approximate surface area is 165 Å². The average molecular weight is 403 g/mol. The van der Waals surface area contributed by atoms with E-state index in [9.17, 15) is 13.2 Å². The van der Waals surface area contributed by atoms with Crippen molar-refractivity contribution in [2.75, 3.05) is 18.5 Å². The molecule has 29 heavy (non-hydrogen) atoms. The zero-order valence-electron chi connectivity index (χ0n) is 15.7. The second kappa shape index (κ2) is 8.24. The van der Waals surface area contributed by atoms with E-state index in [0.29, 0.717) is 30.3 Å². The molecule has 0 saturated carbocycles. The molecule has 3 heterocycles. The van der Waals surface area contributed by atoms with Crippen LogP contribution in [0, 0.1) is 5.82 Å². The van der Waals surface area contributed by atoms with Crippen LogP contribution in [0.5, 0.6) is 5.88 Å². The Morgan fingerprint density at radius 2 is 2.03 bits per heavy atom. The molecule has 152 valence electrons. The van der Waals surface area contributed by atoms with Crippen LogP contribution in [0.15, 0.2) is 42.7 Å². The monoisotopic (exact) mass is 403 g/mol. The summed E-state index contributed by atoms with van der Waals surface area (Å²) in [5.41, 5.74) is 0.883. The van der Waals surface area contributed by atoms with Crippen LogP contribution < -0.4 is 10.1 Å². The fourth-order valence-corrected chi connectivity index (χ4v) is 3.38. The molecule has 0 unspecified atom stereocenters. The third-order valence-electron chi connectivity index (χ3n) is 4.91. The molecule has 0 bridgehead atoms. The van der Waals surface area contributed by atoms with Crippen LogP contribution in [0.25, 0.3) is 10.9 Å². The summed E-state index contributed by atoms with van der Waals surface area (Å²) in [4.78, 5) is 8.58. The number of halogens is 3. The first kappa shape index (κ1) is 19.4. The Hall–Kier alpha value is -2.87. The van der Waals surface area contributed by atoms with Gasteiger partial charge in [-0.25, -0.2) is 18.2 Å². The Morgan fingerprint density at radius 3 is 2.79 bits per heavy atom. The zero-order chi connectivity index (χ0) is 20.4. The molecular weight excluding hydrogens is 383 g/mol. The summed E-state index contributed by atoms with van der Waals surface area (Å²) in [5.74, 6) is -0.449. The van der Waals surface area contributed by atoms with Crippen molar-refractivity contribution in [1.82, 2.24) is 9.97 Å². The summed E-state index contributed by atoms with van der Waals surface area (Å²) in [6.45, 7) is 2.90. The van der Waals surface area contributed by atoms with Gasteiger partial charge in [-0.15, -0.1) is 0 Å². The van der Waals surface area contributed by atoms with Crippen LogP contribution in [0.2, 0.25) is 0 Å². The molecule has 0 spiro atoms. The Morgan fingerprint density at radius 1 is 1.21 bits per heavy atom. The summed E-state index contributed by atoms with van der Waals surface area (Å²) in [6.07, 6.45) is 1.10. The molecular formula is C21H20F3N3O2. The van der Waals surface area contributed by atoms with Crippen molar-refractivity contribution < 1.29 is 22.6 Å². The highest BCUT2D eigenvalue weighted by Gasteiger charge is 2.21. The number of fused-ring (bicyclic) bond motifs is 1. The van der Waals surface area contributed by atoms with Crippen molar-refractivity contribution in [2.24, 2.45) is 0 Å². The van der Waals surface area contributed by atoms with Gasteiger partial charge in [0.25, 0.3) is 6.43 Å². The minimum atomic E-state index is -2.87. The minimum Gasteiger partial charge on any atom is -0.472 e. The van der Waals surface area contributed by atoms with Gasteiger partial charge >= 0.3 is 0 Å². The molecule has 1 fully saturated rings. The molecule has 8 heteroatoms. The molecule has 0 aliphatic carbocycles. The van der Waals surface area contributed by atoms with Gasteiger partial charge in [0.2, 0.25) is 5.88 Å². The maximum atomic E-state index is 14.5. The fourth-order valence-electron chi connectivity index (χ4n) is 3.38. The Bertz CT molecular complexity index is 1010. The largest absolute Gasteiger partial charge is 0.472 e. The van der Waals surface area contributed by atoms with Crippen molar-refractivity contribution in [3.05, 3.63) is 59.7 Å². The van der Waals surface area contributed by atoms with E-state index < -0.39 is 23.8 Å². The standard InChI is InChI=1S/C21H20F3N3O2/c1-12(14-3-2-4-15(20(14)22)21(23)24)27-17-5-7-25-18-10-26-19(9-16(17)18)29-13-6-8-28-11-13/h2-5,7,9-10,12-13,21H,6,8,11H2,1H3,(H,25,27)/t12-,13+/m1/s1. The summed E-state index contributed by atoms with van der Waals surface area (Å²) in [5, 5.41) is 3.94. The van der Waals surface area contributed by atoms with Crippen molar-refractivity contribution in [3.63, 3.8) is 0 Å². The molecule has 2 aromatic heterocycles. The smallest absolute Gasteiger partial charge is 0.266 e. The van der Waals surface area contributed by atoms with Crippen LogP contribution in [0.3, 0.4) is 0 Å². The molecule has 1 saturated heterocycles. The highest BCUT2D eigenvalue weighted by Crippen LogP contribution is 2.31. The predicted molar refractivity (Wildman–Crippen MR) is 103 cm³/mol. The molecule has 1 aliphatic heterocycles. The Balaban J connectivity index is 1.62. The predicted octanol–water partition coefficient (Wildman–Crippen LogP) is 5.05. The number of alkyl halides is 2. The fraction of sp³-hybridized carbons (Fsp3) is 0.333. The van der Waals surface area contributed by atoms with E-state index >= 15 is 0 Å². The van der Waals surface area contributed by atoms with Crippen LogP contribution >= 0.6 is 0 Å². The maximum absolute atomic E-state index is 14.5. The van der Waals surface area contributed by atoms with E-state index in [2.05, 4.69) is 15.3 Å². The van der Waals surface area contributed by atoms with Gasteiger partial charge in [0.05, 0.1) is 36.5 Å². The van der Waals surface area contributed by atoms with Crippen LogP contribution in [-0.4, -0.2) is 29.3 Å². The summed E-state index contributed by atoms with van der Waals surface area (Å²) in [6, 6.07) is 7.00. The van der Waals surface area contributed by atoms with E-state index in [-0.39, 0.29) is 11.7 Å². The van der Waals surface area contributed by atoms with E-state index in [1.54, 1.807) is 31.5 Å². The second-order valence-corrected chi connectivity index (χ2v) is 6.92. The maximum Gasteiger partial charge on any atom is 0.266 e. The van der Waals surface area contributed by atoms with Gasteiger partial charge in [-0.05, 0) is 13.0 Å². The second-order valence-electron chi connectivity index (χ2n) is 6.92. The third-order valence-corrected chi connectivity index (χ3v) is 4.91. The number of pyridine rings is 2. The molecule has 2 atom stereocenters. The summed E-state index contributed by atoms with van der Waals surface area (Å²) < 4.78 is 51.7. The molecule has 0 radical (unpaired) electrons. The van der Waals surface area contributed by atoms with E-state index in [0.717, 1.165) is 17.9 Å². The van der Waals surface area contributed by atoms with Gasteiger partial charge in [0.15, 0.2) is 0 Å². The molecule has 4 rings (SSSR count). The highest BCUT2D eigenvalue weighted by atomic mass is 19.3. The molecule has 5 nitrogen and oxygen atoms in total. The number of anilines is 1. The van der Waals surface area contributed by atoms with Gasteiger partial charge in [-0.3, -0.25) is 4.98 Å². The van der Waals surface area contributed by atoms with Gasteiger partial charge in [-0.2, -0.15) is 0 Å². The lowest BCUT2D eigenvalue weighted by molar-refractivity contribution is 0.138. The summed E-state index contributed by atoms with van der Waals surface area (Å²) >= 11 is 0. The quantitative estimate of drug-likeness (QED) is 0.624. The normalized spacial score (nSPS) is 17.6. The topological polar surface area (TPSA) is 56.3 Å². The van der Waals surface area contributed by atoms with Crippen LogP contribution in [0.1, 0.15) is 36.9 Å². The molecule has 1 aliphatic rings. The van der Waals surface area contributed by atoms with Crippen LogP contribution in [0.4, 0.5) is 18.9 Å². The van der Waals surface area contributed by atoms with Crippen molar-refractivity contribution in [3.8, 4) is 5.88 Å². The van der Waals surface area contributed by atoms with Gasteiger partial charge in [0, 0.05) is 35.3 Å². The van der Waals surface area contributed by atoms with Gasteiger partial charge < -0.3 is 14.8 Å². The average Bonchev–Trinajstić information content (AvgIpc) is 3.21. The first-order valence-electron chi connectivity index (χ1n) is 9.35. The van der Waals surface area contributed by atoms with Crippen molar-refractivity contribution in [2.45, 2.75) is 31.9 Å². The first-order chi connectivity index (χ1) is 14.0. The number of hydrogen-bond acceptors (Lipinski definition) is 5. The molecule has 0 amide bonds. The first-order valence-corrected chi connectivity index (χ1v) is 9.35. The lowest BCUT2D eigenvalue weighted by Crippen LogP contribution is -2.16. The minimum absolute atomic E-state index is 0.0434. The number of aromatic nitrogens is 2. The van der Waals surface area contributed by atoms with E-state index in [4.69, 9.17) is 9.47 Å². The lowest BCUT2D eigenvalue weighted by Gasteiger charge is -2.19. The number of nitrogens with zero attached hydrogens (tertiary/aromatic N) is 2. The SMILES string of the molecule is C[C@@H](Nc1ccnc2cnc(O[C@H]3CCOC3)cc12)c1cccc(C(F)F)c1F. The van der Waals surface area contributed by atoms with Crippen molar-refractivity contribution >= 4 is 16.6 Å². The summed E-state index contributed by atoms with van der Waals surface area (Å²) in [7, 11) is 0. The molecule has 1 aromatic carbocycles. The van der Waals surface area contributed by atoms with Crippen molar-refractivity contribution in [1.29, 1.82) is 0 Å². The lowest BCUT2D eigenvalue weighted by atomic mass is 10.0. The molecule has 1 N–H and O–H groups in total. The molecule has 3 aromatic rings. The van der Waals surface area contributed by atoms with E-state index in [1.165, 1.54) is 12.1 Å². The number of nitrogens with one attached hydrogen (secondary N) is 1. The highest BCUT2D eigenvalue weighted by molar-refractivity contribution is 5.91. The van der Waals surface area contributed by atoms with E-state index in [1.807, 2.05) is 0 Å². The van der Waals surface area contributed by atoms with Crippen LogP contribution in [-0.2, 0) is 4.74 Å². The van der Waals surface area contributed by atoms with Gasteiger partial charge in [-0.1, -0.05) is 18.2 Å². The number of ether oxygens (including phenoxy) is 2. The number of benzene rings is 1. The number of hydrogen-bond donors (Lipinski definition) is 1. The number of rotatable bonds is 6. The Kier molecular flexibility index (Phi) is 5.53. The third kappa shape index (κ3) is 4.12. The van der Waals surface area contributed by atoms with Gasteiger partial charge in [0.1, 0.15) is 11.9 Å².